The van der Waals surface area contributed by atoms with E-state index in [1.807, 2.05) is 0 Å². The predicted molar refractivity (Wildman–Crippen MR) is 82.2 cm³/mol. The second kappa shape index (κ2) is 6.25. The summed E-state index contributed by atoms with van der Waals surface area (Å²) < 4.78 is 31.8. The minimum atomic E-state index is -3.89. The van der Waals surface area contributed by atoms with Crippen molar-refractivity contribution in [1.82, 2.24) is 0 Å². The fraction of sp³-hybridized carbons (Fsp3) is 0.0714. The summed E-state index contributed by atoms with van der Waals surface area (Å²) in [7, 11) is -2.55. The molecule has 6 nitrogen and oxygen atoms in total. The highest BCUT2D eigenvalue weighted by molar-refractivity contribution is 7.92. The van der Waals surface area contributed by atoms with Crippen molar-refractivity contribution in [1.29, 1.82) is 0 Å². The van der Waals surface area contributed by atoms with Gasteiger partial charge in [0.25, 0.3) is 10.0 Å². The number of methoxy groups -OCH3 is 1. The molecule has 0 spiro atoms. The summed E-state index contributed by atoms with van der Waals surface area (Å²) in [5.74, 6) is -1.11. The number of sulfonamides is 1. The molecular formula is C14H12ClNO5S. The third-order valence-corrected chi connectivity index (χ3v) is 4.60. The van der Waals surface area contributed by atoms with Crippen LogP contribution in [0, 0.1) is 0 Å². The molecule has 0 aliphatic rings. The van der Waals surface area contributed by atoms with E-state index in [9.17, 15) is 13.2 Å². The average Bonchev–Trinajstić information content (AvgIpc) is 2.49. The van der Waals surface area contributed by atoms with Crippen LogP contribution in [0.3, 0.4) is 0 Å². The third-order valence-electron chi connectivity index (χ3n) is 2.81. The van der Waals surface area contributed by atoms with Gasteiger partial charge in [-0.15, -0.1) is 0 Å². The number of ether oxygens (including phenoxy) is 1. The molecule has 0 unspecified atom stereocenters. The molecule has 22 heavy (non-hydrogen) atoms. The summed E-state index contributed by atoms with van der Waals surface area (Å²) in [6, 6.07) is 10.2. The molecule has 116 valence electrons. The van der Waals surface area contributed by atoms with Crippen LogP contribution < -0.4 is 9.46 Å². The fourth-order valence-electron chi connectivity index (χ4n) is 1.75. The highest BCUT2D eigenvalue weighted by atomic mass is 35.5. The first-order chi connectivity index (χ1) is 10.3. The molecule has 8 heteroatoms. The van der Waals surface area contributed by atoms with Crippen molar-refractivity contribution in [3.8, 4) is 5.75 Å². The maximum absolute atomic E-state index is 12.3. The number of hydrogen-bond acceptors (Lipinski definition) is 4. The standard InChI is InChI=1S/C14H12ClNO5S/c1-21-9-7-11(14(17)18)13(15)12(8-9)16-22(19,20)10-5-3-2-4-6-10/h2-8,16H,1H3,(H,17,18). The molecule has 0 heterocycles. The van der Waals surface area contributed by atoms with Gasteiger partial charge >= 0.3 is 5.97 Å². The van der Waals surface area contributed by atoms with Crippen molar-refractivity contribution in [2.75, 3.05) is 11.8 Å². The largest absolute Gasteiger partial charge is 0.497 e. The summed E-state index contributed by atoms with van der Waals surface area (Å²) in [6.45, 7) is 0. The number of carboxylic acid groups (broad SMARTS) is 1. The van der Waals surface area contributed by atoms with Crippen molar-refractivity contribution in [2.24, 2.45) is 0 Å². The second-order valence-electron chi connectivity index (χ2n) is 4.26. The van der Waals surface area contributed by atoms with Gasteiger partial charge in [0, 0.05) is 6.07 Å². The number of benzene rings is 2. The number of halogens is 1. The molecule has 2 aromatic carbocycles. The Morgan fingerprint density at radius 1 is 1.23 bits per heavy atom. The summed E-state index contributed by atoms with van der Waals surface area (Å²) in [5, 5.41) is 8.89. The normalized spacial score (nSPS) is 11.0. The number of carboxylic acids is 1. The molecule has 0 saturated carbocycles. The fourth-order valence-corrected chi connectivity index (χ4v) is 3.13. The van der Waals surface area contributed by atoms with Gasteiger partial charge in [-0.2, -0.15) is 0 Å². The number of anilines is 1. The molecule has 0 radical (unpaired) electrons. The third kappa shape index (κ3) is 3.32. The first-order valence-electron chi connectivity index (χ1n) is 6.04. The Morgan fingerprint density at radius 2 is 1.86 bits per heavy atom. The molecule has 2 rings (SSSR count). The van der Waals surface area contributed by atoms with Crippen LogP contribution in [0.2, 0.25) is 5.02 Å². The zero-order chi connectivity index (χ0) is 16.3. The summed E-state index contributed by atoms with van der Waals surface area (Å²) >= 11 is 5.96. The molecule has 2 N–H and O–H groups in total. The molecule has 0 saturated heterocycles. The van der Waals surface area contributed by atoms with E-state index in [2.05, 4.69) is 4.72 Å². The van der Waals surface area contributed by atoms with E-state index in [1.165, 1.54) is 31.4 Å². The van der Waals surface area contributed by atoms with Gasteiger partial charge in [-0.1, -0.05) is 29.8 Å². The van der Waals surface area contributed by atoms with Gasteiger partial charge in [-0.05, 0) is 18.2 Å². The maximum atomic E-state index is 12.3. The van der Waals surface area contributed by atoms with E-state index in [1.54, 1.807) is 18.2 Å². The summed E-state index contributed by atoms with van der Waals surface area (Å²) in [4.78, 5) is 11.2. The smallest absolute Gasteiger partial charge is 0.337 e. The first kappa shape index (κ1) is 16.1. The van der Waals surface area contributed by atoms with Gasteiger partial charge in [-0.3, -0.25) is 4.72 Å². The monoisotopic (exact) mass is 341 g/mol. The van der Waals surface area contributed by atoms with Crippen molar-refractivity contribution in [3.05, 3.63) is 53.1 Å². The number of hydrogen-bond donors (Lipinski definition) is 2. The second-order valence-corrected chi connectivity index (χ2v) is 6.32. The van der Waals surface area contributed by atoms with Crippen LogP contribution in [-0.4, -0.2) is 26.6 Å². The van der Waals surface area contributed by atoms with Crippen LogP contribution >= 0.6 is 11.6 Å². The summed E-state index contributed by atoms with van der Waals surface area (Å²) in [5.41, 5.74) is -0.325. The number of aromatic carboxylic acids is 1. The van der Waals surface area contributed by atoms with Gasteiger partial charge in [0.15, 0.2) is 0 Å². The Labute approximate surface area is 132 Å². The van der Waals surface area contributed by atoms with Crippen molar-refractivity contribution in [2.45, 2.75) is 4.90 Å². The number of rotatable bonds is 5. The number of nitrogens with one attached hydrogen (secondary N) is 1. The molecule has 0 bridgehead atoms. The van der Waals surface area contributed by atoms with Gasteiger partial charge in [0.1, 0.15) is 5.75 Å². The van der Waals surface area contributed by atoms with E-state index in [0.717, 1.165) is 0 Å². The predicted octanol–water partition coefficient (Wildman–Crippen LogP) is 2.85. The molecule has 2 aromatic rings. The van der Waals surface area contributed by atoms with Gasteiger partial charge in [-0.25, -0.2) is 13.2 Å². The molecule has 0 amide bonds. The zero-order valence-electron chi connectivity index (χ0n) is 11.4. The van der Waals surface area contributed by atoms with Crippen LogP contribution in [0.1, 0.15) is 10.4 Å². The van der Waals surface area contributed by atoms with Crippen molar-refractivity contribution < 1.29 is 23.1 Å². The van der Waals surface area contributed by atoms with Crippen LogP contribution in [0.25, 0.3) is 0 Å². The minimum absolute atomic E-state index is 0.0331. The lowest BCUT2D eigenvalue weighted by atomic mass is 10.2. The quantitative estimate of drug-likeness (QED) is 0.872. The summed E-state index contributed by atoms with van der Waals surface area (Å²) in [6.07, 6.45) is 0. The topological polar surface area (TPSA) is 92.7 Å². The van der Waals surface area contributed by atoms with E-state index >= 15 is 0 Å². The van der Waals surface area contributed by atoms with Gasteiger partial charge < -0.3 is 9.84 Å². The molecule has 0 aliphatic heterocycles. The Balaban J connectivity index is 2.50. The molecule has 0 atom stereocenters. The molecular weight excluding hydrogens is 330 g/mol. The zero-order valence-corrected chi connectivity index (χ0v) is 13.0. The molecule has 0 aliphatic carbocycles. The Morgan fingerprint density at radius 3 is 2.41 bits per heavy atom. The van der Waals surface area contributed by atoms with Crippen molar-refractivity contribution >= 4 is 33.3 Å². The average molecular weight is 342 g/mol. The maximum Gasteiger partial charge on any atom is 0.337 e. The van der Waals surface area contributed by atoms with E-state index in [4.69, 9.17) is 21.4 Å². The van der Waals surface area contributed by atoms with E-state index in [-0.39, 0.29) is 26.9 Å². The van der Waals surface area contributed by atoms with E-state index < -0.39 is 16.0 Å². The van der Waals surface area contributed by atoms with Crippen LogP contribution in [0.15, 0.2) is 47.4 Å². The van der Waals surface area contributed by atoms with Crippen LogP contribution in [0.5, 0.6) is 5.75 Å². The highest BCUT2D eigenvalue weighted by Gasteiger charge is 2.20. The lowest BCUT2D eigenvalue weighted by Gasteiger charge is -2.13. The molecule has 0 fully saturated rings. The van der Waals surface area contributed by atoms with Crippen LogP contribution in [0.4, 0.5) is 5.69 Å². The Kier molecular flexibility index (Phi) is 4.58. The molecule has 0 aromatic heterocycles. The lowest BCUT2D eigenvalue weighted by molar-refractivity contribution is 0.0696. The Hall–Kier alpha value is -2.25. The first-order valence-corrected chi connectivity index (χ1v) is 7.90. The minimum Gasteiger partial charge on any atom is -0.497 e. The van der Waals surface area contributed by atoms with Gasteiger partial charge in [0.05, 0.1) is 28.3 Å². The Bertz CT molecular complexity index is 805. The van der Waals surface area contributed by atoms with E-state index in [0.29, 0.717) is 0 Å². The lowest BCUT2D eigenvalue weighted by Crippen LogP contribution is -2.14. The SMILES string of the molecule is COc1cc(NS(=O)(=O)c2ccccc2)c(Cl)c(C(=O)O)c1. The van der Waals surface area contributed by atoms with Crippen molar-refractivity contribution in [3.63, 3.8) is 0 Å². The highest BCUT2D eigenvalue weighted by Crippen LogP contribution is 2.32. The van der Waals surface area contributed by atoms with Gasteiger partial charge in [0.2, 0.25) is 0 Å². The van der Waals surface area contributed by atoms with Crippen LogP contribution in [-0.2, 0) is 10.0 Å². The number of carbonyl (C=O) groups is 1.